The molecule has 0 radical (unpaired) electrons. The molecule has 1 aromatic heterocycles. The van der Waals surface area contributed by atoms with Crippen LogP contribution < -0.4 is 19.1 Å². The zero-order valence-corrected chi connectivity index (χ0v) is 22.6. The number of halogens is 1. The number of carbonyl (C=O) groups excluding carboxylic acids is 1. The second-order valence-corrected chi connectivity index (χ2v) is 9.70. The molecule has 1 amide bonds. The monoisotopic (exact) mass is 548 g/mol. The molecule has 10 heteroatoms. The molecule has 0 N–H and O–H groups in total. The second kappa shape index (κ2) is 11.3. The number of rotatable bonds is 7. The molecule has 3 aromatic carbocycles. The average Bonchev–Trinajstić information content (AvgIpc) is 3.07. The van der Waals surface area contributed by atoms with E-state index in [1.807, 2.05) is 67.6 Å². The van der Waals surface area contributed by atoms with E-state index in [9.17, 15) is 4.79 Å². The molecule has 194 valence electrons. The van der Waals surface area contributed by atoms with Gasteiger partial charge in [0.15, 0.2) is 17.2 Å². The third-order valence-corrected chi connectivity index (χ3v) is 7.19. The van der Waals surface area contributed by atoms with E-state index in [1.54, 1.807) is 18.1 Å². The number of fused-ring (bicyclic) bond motifs is 3. The Labute approximate surface area is 229 Å². The van der Waals surface area contributed by atoms with Gasteiger partial charge in [0, 0.05) is 28.8 Å². The van der Waals surface area contributed by atoms with Crippen LogP contribution in [-0.2, 0) is 10.5 Å². The number of nitrogens with zero attached hydrogens (tertiary/aromatic N) is 4. The normalized spacial score (nSPS) is 14.1. The smallest absolute Gasteiger partial charge is 0.247 e. The van der Waals surface area contributed by atoms with Crippen molar-refractivity contribution in [1.29, 1.82) is 0 Å². The van der Waals surface area contributed by atoms with Crippen LogP contribution in [0.5, 0.6) is 17.4 Å². The van der Waals surface area contributed by atoms with E-state index in [4.69, 9.17) is 30.8 Å². The maximum atomic E-state index is 13.1. The van der Waals surface area contributed by atoms with Crippen molar-refractivity contribution in [2.24, 2.45) is 0 Å². The van der Waals surface area contributed by atoms with Gasteiger partial charge in [-0.05, 0) is 42.8 Å². The number of thioether (sulfide) groups is 1. The summed E-state index contributed by atoms with van der Waals surface area (Å²) in [6, 6.07) is 20.6. The number of amides is 1. The molecule has 0 spiro atoms. The zero-order chi connectivity index (χ0) is 26.6. The minimum absolute atomic E-state index is 0.203. The molecule has 1 aliphatic rings. The Morgan fingerprint density at radius 3 is 2.63 bits per heavy atom. The molecule has 2 heterocycles. The maximum absolute atomic E-state index is 13.1. The Kier molecular flexibility index (Phi) is 7.67. The van der Waals surface area contributed by atoms with E-state index < -0.39 is 6.23 Å². The standard InChI is InChI=1S/C28H25ClN4O4S/c1-4-36-24-15-18(13-14-23(24)35-3)27-33(17(2)34)22-12-8-6-10-20(22)25-26(37-27)30-28(32-31-25)38-16-19-9-5-7-11-21(19)29/h5-15,27H,4,16H2,1-3H3/t27-/m1/s1. The van der Waals surface area contributed by atoms with Crippen LogP contribution in [0.2, 0.25) is 5.02 Å². The van der Waals surface area contributed by atoms with Crippen LogP contribution in [-0.4, -0.2) is 34.8 Å². The number of hydrogen-bond acceptors (Lipinski definition) is 8. The van der Waals surface area contributed by atoms with E-state index in [2.05, 4.69) is 10.2 Å². The molecule has 0 saturated heterocycles. The van der Waals surface area contributed by atoms with Crippen molar-refractivity contribution in [3.63, 3.8) is 0 Å². The summed E-state index contributed by atoms with van der Waals surface area (Å²) in [7, 11) is 1.58. The highest BCUT2D eigenvalue weighted by Crippen LogP contribution is 2.44. The maximum Gasteiger partial charge on any atom is 0.247 e. The summed E-state index contributed by atoms with van der Waals surface area (Å²) in [5.74, 6) is 1.77. The van der Waals surface area contributed by atoms with Crippen molar-refractivity contribution in [3.05, 3.63) is 82.9 Å². The van der Waals surface area contributed by atoms with Crippen LogP contribution in [0.15, 0.2) is 71.9 Å². The minimum atomic E-state index is -0.835. The molecule has 0 saturated carbocycles. The minimum Gasteiger partial charge on any atom is -0.493 e. The summed E-state index contributed by atoms with van der Waals surface area (Å²) in [5.41, 5.74) is 3.45. The Bertz CT molecular complexity index is 1490. The molecule has 1 atom stereocenters. The Hall–Kier alpha value is -3.82. The molecule has 0 fully saturated rings. The lowest BCUT2D eigenvalue weighted by atomic mass is 10.1. The first-order valence-electron chi connectivity index (χ1n) is 12.0. The first kappa shape index (κ1) is 25.8. The zero-order valence-electron chi connectivity index (χ0n) is 21.1. The summed E-state index contributed by atoms with van der Waals surface area (Å²) >= 11 is 7.72. The highest BCUT2D eigenvalue weighted by molar-refractivity contribution is 7.98. The predicted octanol–water partition coefficient (Wildman–Crippen LogP) is 6.34. The van der Waals surface area contributed by atoms with Gasteiger partial charge in [-0.15, -0.1) is 10.2 Å². The molecule has 4 aromatic rings. The molecular formula is C28H25ClN4O4S. The largest absolute Gasteiger partial charge is 0.493 e. The van der Waals surface area contributed by atoms with E-state index in [0.717, 1.165) is 5.56 Å². The van der Waals surface area contributed by atoms with Crippen molar-refractivity contribution in [3.8, 4) is 28.6 Å². The number of anilines is 1. The SMILES string of the molecule is CCOc1cc([C@H]2Oc3nc(SCc4ccccc4Cl)nnc3-c3ccccc3N2C(C)=O)ccc1OC. The highest BCUT2D eigenvalue weighted by Gasteiger charge is 2.35. The van der Waals surface area contributed by atoms with Crippen LogP contribution in [0, 0.1) is 0 Å². The van der Waals surface area contributed by atoms with Gasteiger partial charge in [0.1, 0.15) is 0 Å². The molecule has 0 aliphatic carbocycles. The predicted molar refractivity (Wildman–Crippen MR) is 147 cm³/mol. The average molecular weight is 549 g/mol. The van der Waals surface area contributed by atoms with Crippen molar-refractivity contribution in [2.75, 3.05) is 18.6 Å². The summed E-state index contributed by atoms with van der Waals surface area (Å²) in [6.07, 6.45) is -0.835. The van der Waals surface area contributed by atoms with Gasteiger partial charge < -0.3 is 14.2 Å². The van der Waals surface area contributed by atoms with Crippen molar-refractivity contribution in [1.82, 2.24) is 15.2 Å². The number of para-hydroxylation sites is 1. The Morgan fingerprint density at radius 1 is 1.08 bits per heavy atom. The van der Waals surface area contributed by atoms with Gasteiger partial charge in [-0.3, -0.25) is 9.69 Å². The van der Waals surface area contributed by atoms with Gasteiger partial charge in [0.2, 0.25) is 23.2 Å². The molecule has 0 unspecified atom stereocenters. The number of carbonyl (C=O) groups is 1. The molecule has 1 aliphatic heterocycles. The number of methoxy groups -OCH3 is 1. The Morgan fingerprint density at radius 2 is 1.87 bits per heavy atom. The fourth-order valence-corrected chi connectivity index (χ4v) is 5.27. The van der Waals surface area contributed by atoms with E-state index in [1.165, 1.54) is 18.7 Å². The first-order chi connectivity index (χ1) is 18.5. The third kappa shape index (κ3) is 5.12. The molecular weight excluding hydrogens is 524 g/mol. The van der Waals surface area contributed by atoms with Crippen LogP contribution in [0.4, 0.5) is 5.69 Å². The van der Waals surface area contributed by atoms with Gasteiger partial charge in [-0.2, -0.15) is 4.98 Å². The summed E-state index contributed by atoms with van der Waals surface area (Å²) in [5, 5.41) is 9.93. The summed E-state index contributed by atoms with van der Waals surface area (Å²) in [6.45, 7) is 3.85. The summed E-state index contributed by atoms with van der Waals surface area (Å²) < 4.78 is 17.7. The van der Waals surface area contributed by atoms with Crippen molar-refractivity contribution >= 4 is 35.0 Å². The molecule has 0 bridgehead atoms. The fourth-order valence-electron chi connectivity index (χ4n) is 4.20. The lowest BCUT2D eigenvalue weighted by Crippen LogP contribution is -2.36. The number of ether oxygens (including phenoxy) is 3. The van der Waals surface area contributed by atoms with E-state index in [-0.39, 0.29) is 11.8 Å². The van der Waals surface area contributed by atoms with Crippen LogP contribution in [0.3, 0.4) is 0 Å². The third-order valence-electron chi connectivity index (χ3n) is 5.94. The highest BCUT2D eigenvalue weighted by atomic mass is 35.5. The topological polar surface area (TPSA) is 86.7 Å². The fraction of sp³-hybridized carbons (Fsp3) is 0.214. The summed E-state index contributed by atoms with van der Waals surface area (Å²) in [4.78, 5) is 19.4. The number of hydrogen-bond donors (Lipinski definition) is 0. The number of benzene rings is 3. The first-order valence-corrected chi connectivity index (χ1v) is 13.3. The van der Waals surface area contributed by atoms with Gasteiger partial charge in [0.25, 0.3) is 0 Å². The van der Waals surface area contributed by atoms with E-state index in [0.29, 0.717) is 56.5 Å². The van der Waals surface area contributed by atoms with E-state index >= 15 is 0 Å². The molecule has 38 heavy (non-hydrogen) atoms. The second-order valence-electron chi connectivity index (χ2n) is 8.35. The Balaban J connectivity index is 1.59. The van der Waals surface area contributed by atoms with Crippen LogP contribution >= 0.6 is 23.4 Å². The van der Waals surface area contributed by atoms with Crippen molar-refractivity contribution in [2.45, 2.75) is 31.0 Å². The van der Waals surface area contributed by atoms with Gasteiger partial charge in [-0.25, -0.2) is 0 Å². The molecule has 5 rings (SSSR count). The lowest BCUT2D eigenvalue weighted by molar-refractivity contribution is -0.118. The molecule has 8 nitrogen and oxygen atoms in total. The lowest BCUT2D eigenvalue weighted by Gasteiger charge is -2.30. The van der Waals surface area contributed by atoms with Crippen LogP contribution in [0.1, 0.15) is 31.2 Å². The number of aromatic nitrogens is 3. The van der Waals surface area contributed by atoms with Gasteiger partial charge in [0.05, 0.1) is 19.4 Å². The van der Waals surface area contributed by atoms with Gasteiger partial charge >= 0.3 is 0 Å². The quantitative estimate of drug-likeness (QED) is 0.247. The van der Waals surface area contributed by atoms with Crippen LogP contribution in [0.25, 0.3) is 11.3 Å². The van der Waals surface area contributed by atoms with Gasteiger partial charge in [-0.1, -0.05) is 59.8 Å². The van der Waals surface area contributed by atoms with Crippen molar-refractivity contribution < 1.29 is 19.0 Å².